The van der Waals surface area contributed by atoms with Crippen molar-refractivity contribution < 1.29 is 18.5 Å². The van der Waals surface area contributed by atoms with Crippen molar-refractivity contribution in [3.8, 4) is 0 Å². The summed E-state index contributed by atoms with van der Waals surface area (Å²) in [5, 5.41) is 0. The lowest BCUT2D eigenvalue weighted by atomic mass is 9.47. The Kier molecular flexibility index (Phi) is 16.6. The molecule has 3 saturated carbocycles. The number of unbranched alkanes of at least 4 members (excludes halogenated alkanes) is 13. The van der Waals surface area contributed by atoms with Crippen molar-refractivity contribution in [1.82, 2.24) is 0 Å². The normalized spacial score (nSPS) is 33.5. The summed E-state index contributed by atoms with van der Waals surface area (Å²) in [6.07, 6.45) is 34.2. The molecular weight excluding hydrogens is 611 g/mol. The van der Waals surface area contributed by atoms with E-state index >= 15 is 0 Å². The predicted octanol–water partition coefficient (Wildman–Crippen LogP) is 14.0. The first-order chi connectivity index (χ1) is 23.0. The lowest BCUT2D eigenvalue weighted by Crippen LogP contribution is -2.51. The van der Waals surface area contributed by atoms with Crippen LogP contribution in [0.3, 0.4) is 0 Å². The highest BCUT2D eigenvalue weighted by Crippen LogP contribution is 2.67. The molecule has 5 heteroatoms. The SMILES string of the molecule is CCCCCCCCCCCCCCCCOP(=O)(O)OC1CC[C@@]2(C)C(=CC[C@H]3[C@@H]4CC[C@H]([C@H](C)CCCC(C)C)[C@@]4(C)CC[C@@H]32)C1. The smallest absolute Gasteiger partial charge is 0.302 e. The molecule has 4 aliphatic carbocycles. The van der Waals surface area contributed by atoms with Gasteiger partial charge in [-0.3, -0.25) is 9.05 Å². The van der Waals surface area contributed by atoms with E-state index in [9.17, 15) is 9.46 Å². The second-order valence-corrected chi connectivity index (χ2v) is 19.6. The van der Waals surface area contributed by atoms with Crippen LogP contribution >= 0.6 is 7.82 Å². The Morgan fingerprint density at radius 2 is 1.42 bits per heavy atom. The van der Waals surface area contributed by atoms with Crippen LogP contribution in [0.1, 0.15) is 202 Å². The summed E-state index contributed by atoms with van der Waals surface area (Å²) in [5.41, 5.74) is 2.24. The molecule has 0 saturated heterocycles. The third-order valence-electron chi connectivity index (χ3n) is 14.3. The maximum Gasteiger partial charge on any atom is 0.472 e. The Balaban J connectivity index is 1.13. The van der Waals surface area contributed by atoms with Crippen molar-refractivity contribution >= 4 is 7.82 Å². The van der Waals surface area contributed by atoms with Crippen LogP contribution in [-0.4, -0.2) is 17.6 Å². The first-order valence-corrected chi connectivity index (χ1v) is 22.8. The molecule has 4 rings (SSSR count). The Bertz CT molecular complexity index is 1010. The van der Waals surface area contributed by atoms with Crippen molar-refractivity contribution in [2.45, 2.75) is 208 Å². The van der Waals surface area contributed by atoms with Crippen molar-refractivity contribution in [2.75, 3.05) is 6.61 Å². The average molecular weight is 691 g/mol. The van der Waals surface area contributed by atoms with E-state index in [0.29, 0.717) is 12.0 Å². The van der Waals surface area contributed by atoms with E-state index < -0.39 is 7.82 Å². The minimum absolute atomic E-state index is 0.204. The largest absolute Gasteiger partial charge is 0.472 e. The summed E-state index contributed by atoms with van der Waals surface area (Å²) in [7, 11) is -4.03. The maximum atomic E-state index is 12.9. The highest BCUT2D eigenvalue weighted by Gasteiger charge is 2.59. The molecular formula is C43H79O4P. The van der Waals surface area contributed by atoms with Crippen molar-refractivity contribution in [3.63, 3.8) is 0 Å². The van der Waals surface area contributed by atoms with E-state index in [1.54, 1.807) is 0 Å². The van der Waals surface area contributed by atoms with E-state index in [4.69, 9.17) is 9.05 Å². The zero-order chi connectivity index (χ0) is 34.6. The first-order valence-electron chi connectivity index (χ1n) is 21.4. The lowest BCUT2D eigenvalue weighted by molar-refractivity contribution is -0.0573. The monoisotopic (exact) mass is 691 g/mol. The van der Waals surface area contributed by atoms with Crippen molar-refractivity contribution in [3.05, 3.63) is 11.6 Å². The number of hydrogen-bond acceptors (Lipinski definition) is 3. The Morgan fingerprint density at radius 1 is 0.792 bits per heavy atom. The second-order valence-electron chi connectivity index (χ2n) is 18.2. The summed E-state index contributed by atoms with van der Waals surface area (Å²) in [6, 6.07) is 0. The van der Waals surface area contributed by atoms with E-state index in [0.717, 1.165) is 67.6 Å². The van der Waals surface area contributed by atoms with Crippen LogP contribution in [-0.2, 0) is 13.6 Å². The summed E-state index contributed by atoms with van der Waals surface area (Å²) < 4.78 is 24.2. The van der Waals surface area contributed by atoms with Gasteiger partial charge in [0, 0.05) is 0 Å². The molecule has 0 radical (unpaired) electrons. The van der Waals surface area contributed by atoms with Crippen molar-refractivity contribution in [1.29, 1.82) is 0 Å². The number of fused-ring (bicyclic) bond motifs is 5. The minimum Gasteiger partial charge on any atom is -0.302 e. The van der Waals surface area contributed by atoms with Gasteiger partial charge in [0.2, 0.25) is 0 Å². The fraction of sp³-hybridized carbons (Fsp3) is 0.953. The summed E-state index contributed by atoms with van der Waals surface area (Å²) in [5.74, 6) is 4.97. The molecule has 0 bridgehead atoms. The van der Waals surface area contributed by atoms with Gasteiger partial charge < -0.3 is 4.89 Å². The zero-order valence-corrected chi connectivity index (χ0v) is 33.5. The fourth-order valence-corrected chi connectivity index (χ4v) is 12.4. The predicted molar refractivity (Wildman–Crippen MR) is 204 cm³/mol. The molecule has 48 heavy (non-hydrogen) atoms. The molecule has 4 nitrogen and oxygen atoms in total. The zero-order valence-electron chi connectivity index (χ0n) is 32.6. The van der Waals surface area contributed by atoms with Crippen LogP contribution in [0.15, 0.2) is 11.6 Å². The minimum atomic E-state index is -4.03. The Hall–Kier alpha value is -0.150. The number of allylic oxidation sites excluding steroid dienone is 1. The number of phosphoric ester groups is 1. The standard InChI is InChI=1S/C43H79O4P/c1-7-8-9-10-11-12-13-14-15-16-17-18-19-20-32-46-48(44,45)47-37-28-30-42(5)36(33-37)24-25-38-40-27-26-39(35(4)23-21-22-34(2)3)43(40,6)31-29-41(38)42/h24,34-35,37-41H,7-23,25-33H2,1-6H3,(H,44,45)/t35-,37?,38+,39-,40+,41+,42+,43-/m1/s1. The second kappa shape index (κ2) is 19.6. The molecule has 0 amide bonds. The van der Waals surface area contributed by atoms with Crippen molar-refractivity contribution in [2.24, 2.45) is 46.3 Å². The molecule has 0 aromatic carbocycles. The number of phosphoric acid groups is 1. The Morgan fingerprint density at radius 3 is 2.04 bits per heavy atom. The third-order valence-corrected chi connectivity index (χ3v) is 15.4. The van der Waals surface area contributed by atoms with Crippen LogP contribution in [0.2, 0.25) is 0 Å². The van der Waals surface area contributed by atoms with E-state index in [-0.39, 0.29) is 11.5 Å². The van der Waals surface area contributed by atoms with E-state index in [1.807, 2.05) is 0 Å². The maximum absolute atomic E-state index is 12.9. The van der Waals surface area contributed by atoms with E-state index in [2.05, 4.69) is 47.6 Å². The number of hydrogen-bond donors (Lipinski definition) is 1. The molecule has 0 heterocycles. The molecule has 0 aliphatic heterocycles. The van der Waals surface area contributed by atoms with E-state index in [1.165, 1.54) is 134 Å². The molecule has 280 valence electrons. The lowest BCUT2D eigenvalue weighted by Gasteiger charge is -2.58. The topological polar surface area (TPSA) is 55.8 Å². The van der Waals surface area contributed by atoms with Gasteiger partial charge in [0.15, 0.2) is 0 Å². The highest BCUT2D eigenvalue weighted by atomic mass is 31.2. The van der Waals surface area contributed by atoms with Gasteiger partial charge in [0.05, 0.1) is 12.7 Å². The van der Waals surface area contributed by atoms with Gasteiger partial charge >= 0.3 is 7.82 Å². The molecule has 1 N–H and O–H groups in total. The average Bonchev–Trinajstić information content (AvgIpc) is 3.40. The molecule has 0 spiro atoms. The van der Waals surface area contributed by atoms with Crippen LogP contribution in [0.25, 0.3) is 0 Å². The molecule has 9 atom stereocenters. The van der Waals surface area contributed by atoms with Gasteiger partial charge in [0.25, 0.3) is 0 Å². The third kappa shape index (κ3) is 11.2. The van der Waals surface area contributed by atoms with Crippen LogP contribution in [0.4, 0.5) is 0 Å². The molecule has 0 aromatic rings. The summed E-state index contributed by atoms with van der Waals surface area (Å²) in [4.78, 5) is 10.6. The van der Waals surface area contributed by atoms with Gasteiger partial charge in [-0.05, 0) is 104 Å². The highest BCUT2D eigenvalue weighted by molar-refractivity contribution is 7.47. The van der Waals surface area contributed by atoms with Crippen LogP contribution < -0.4 is 0 Å². The first kappa shape index (κ1) is 40.6. The van der Waals surface area contributed by atoms with Gasteiger partial charge in [0.1, 0.15) is 0 Å². The summed E-state index contributed by atoms with van der Waals surface area (Å²) in [6.45, 7) is 15.1. The Labute approximate surface area is 298 Å². The van der Waals surface area contributed by atoms with Crippen LogP contribution in [0.5, 0.6) is 0 Å². The molecule has 3 fully saturated rings. The van der Waals surface area contributed by atoms with Gasteiger partial charge in [-0.2, -0.15) is 0 Å². The summed E-state index contributed by atoms with van der Waals surface area (Å²) >= 11 is 0. The van der Waals surface area contributed by atoms with Crippen LogP contribution in [0, 0.1) is 46.3 Å². The van der Waals surface area contributed by atoms with Gasteiger partial charge in [-0.25, -0.2) is 4.57 Å². The molecule has 4 aliphatic rings. The fourth-order valence-electron chi connectivity index (χ4n) is 11.4. The molecule has 2 unspecified atom stereocenters. The number of rotatable bonds is 23. The van der Waals surface area contributed by atoms with Gasteiger partial charge in [-0.1, -0.05) is 156 Å². The quantitative estimate of drug-likeness (QED) is 0.0659. The van der Waals surface area contributed by atoms with Gasteiger partial charge in [-0.15, -0.1) is 0 Å². The molecule has 0 aromatic heterocycles.